The van der Waals surface area contributed by atoms with E-state index in [1.807, 2.05) is 24.3 Å². The lowest BCUT2D eigenvalue weighted by Crippen LogP contribution is -2.31. The summed E-state index contributed by atoms with van der Waals surface area (Å²) in [7, 11) is 0. The molecule has 0 atom stereocenters. The van der Waals surface area contributed by atoms with Gasteiger partial charge < -0.3 is 15.2 Å². The van der Waals surface area contributed by atoms with Crippen molar-refractivity contribution in [1.29, 1.82) is 5.26 Å². The first-order valence-electron chi connectivity index (χ1n) is 9.85. The molecule has 0 aliphatic heterocycles. The van der Waals surface area contributed by atoms with Crippen LogP contribution in [-0.2, 0) is 6.54 Å². The molecule has 7 nitrogen and oxygen atoms in total. The molecule has 0 bridgehead atoms. The Morgan fingerprint density at radius 2 is 1.90 bits per heavy atom. The summed E-state index contributed by atoms with van der Waals surface area (Å²) in [6.07, 6.45) is 8.92. The Kier molecular flexibility index (Phi) is 7.81. The van der Waals surface area contributed by atoms with Crippen molar-refractivity contribution in [2.45, 2.75) is 32.2 Å². The Hall–Kier alpha value is -3.37. The van der Waals surface area contributed by atoms with Crippen LogP contribution in [0.4, 0.5) is 5.69 Å². The first-order valence-corrected chi connectivity index (χ1v) is 10.2. The van der Waals surface area contributed by atoms with E-state index in [2.05, 4.69) is 20.6 Å². The molecular weight excluding hydrogens is 400 g/mol. The lowest BCUT2D eigenvalue weighted by molar-refractivity contribution is 0.569. The van der Waals surface area contributed by atoms with Crippen LogP contribution in [0.5, 0.6) is 0 Å². The van der Waals surface area contributed by atoms with Crippen molar-refractivity contribution >= 4 is 34.2 Å². The van der Waals surface area contributed by atoms with Crippen molar-refractivity contribution in [3.8, 4) is 6.19 Å². The second-order valence-corrected chi connectivity index (χ2v) is 7.17. The zero-order valence-electron chi connectivity index (χ0n) is 16.5. The van der Waals surface area contributed by atoms with E-state index in [-0.39, 0.29) is 5.56 Å². The SMILES string of the molecule is N#CN=C(NCCCCCCn1c(=O)ccc2cccc(Cl)c21)Nc1ccncc1. The Labute approximate surface area is 180 Å². The normalized spacial score (nSPS) is 11.3. The van der Waals surface area contributed by atoms with E-state index in [1.54, 1.807) is 41.4 Å². The number of rotatable bonds is 8. The first kappa shape index (κ1) is 21.3. The standard InChI is InChI=1S/C22H23ClN6O/c23-19-7-5-6-17-8-9-20(30)29(21(17)19)15-4-2-1-3-12-26-22(27-16-24)28-18-10-13-25-14-11-18/h5-11,13-14H,1-4,12,15H2,(H2,25,26,27,28). The van der Waals surface area contributed by atoms with Gasteiger partial charge in [-0.05, 0) is 42.5 Å². The van der Waals surface area contributed by atoms with E-state index in [4.69, 9.17) is 16.9 Å². The van der Waals surface area contributed by atoms with Gasteiger partial charge in [0, 0.05) is 37.2 Å². The van der Waals surface area contributed by atoms with Crippen LogP contribution < -0.4 is 16.2 Å². The molecule has 3 aromatic rings. The van der Waals surface area contributed by atoms with Gasteiger partial charge in [0.25, 0.3) is 5.56 Å². The maximum absolute atomic E-state index is 12.3. The lowest BCUT2D eigenvalue weighted by Gasteiger charge is -2.12. The molecule has 3 rings (SSSR count). The molecule has 2 heterocycles. The third kappa shape index (κ3) is 5.82. The van der Waals surface area contributed by atoms with E-state index in [9.17, 15) is 4.79 Å². The van der Waals surface area contributed by atoms with Crippen LogP contribution in [0.2, 0.25) is 5.02 Å². The molecular formula is C22H23ClN6O. The number of unbranched alkanes of at least 4 members (excludes halogenated alkanes) is 3. The maximum Gasteiger partial charge on any atom is 0.251 e. The highest BCUT2D eigenvalue weighted by Gasteiger charge is 2.06. The summed E-state index contributed by atoms with van der Waals surface area (Å²) in [5.41, 5.74) is 1.58. The van der Waals surface area contributed by atoms with Crippen LogP contribution in [0.3, 0.4) is 0 Å². The van der Waals surface area contributed by atoms with Crippen molar-refractivity contribution in [3.63, 3.8) is 0 Å². The van der Waals surface area contributed by atoms with Crippen molar-refractivity contribution in [2.75, 3.05) is 11.9 Å². The summed E-state index contributed by atoms with van der Waals surface area (Å²) in [5, 5.41) is 16.6. The van der Waals surface area contributed by atoms with E-state index in [0.717, 1.165) is 42.3 Å². The van der Waals surface area contributed by atoms with Gasteiger partial charge >= 0.3 is 0 Å². The van der Waals surface area contributed by atoms with Crippen LogP contribution in [0.25, 0.3) is 10.9 Å². The number of nitrogens with one attached hydrogen (secondary N) is 2. The summed E-state index contributed by atoms with van der Waals surface area (Å²) < 4.78 is 1.76. The van der Waals surface area contributed by atoms with Crippen molar-refractivity contribution in [1.82, 2.24) is 14.9 Å². The third-order valence-electron chi connectivity index (χ3n) is 4.67. The Bertz CT molecular complexity index is 1100. The molecule has 2 aromatic heterocycles. The number of anilines is 1. The fraction of sp³-hybridized carbons (Fsp3) is 0.273. The Morgan fingerprint density at radius 1 is 1.10 bits per heavy atom. The number of aryl methyl sites for hydroxylation is 1. The van der Waals surface area contributed by atoms with E-state index < -0.39 is 0 Å². The predicted octanol–water partition coefficient (Wildman–Crippen LogP) is 4.15. The number of aliphatic imine (C=N–C) groups is 1. The molecule has 0 aliphatic rings. The number of hydrogen-bond acceptors (Lipinski definition) is 4. The second kappa shape index (κ2) is 11.0. The highest BCUT2D eigenvalue weighted by atomic mass is 35.5. The summed E-state index contributed by atoms with van der Waals surface area (Å²) in [4.78, 5) is 20.0. The summed E-state index contributed by atoms with van der Waals surface area (Å²) in [6, 6.07) is 12.7. The van der Waals surface area contributed by atoms with Gasteiger partial charge in [0.2, 0.25) is 12.2 Å². The second-order valence-electron chi connectivity index (χ2n) is 6.76. The largest absolute Gasteiger partial charge is 0.355 e. The first-order chi connectivity index (χ1) is 14.7. The summed E-state index contributed by atoms with van der Waals surface area (Å²) >= 11 is 6.32. The topological polar surface area (TPSA) is 95.1 Å². The van der Waals surface area contributed by atoms with Gasteiger partial charge in [-0.1, -0.05) is 36.6 Å². The van der Waals surface area contributed by atoms with Gasteiger partial charge in [0.1, 0.15) is 0 Å². The van der Waals surface area contributed by atoms with Gasteiger partial charge in [-0.25, -0.2) is 0 Å². The zero-order valence-corrected chi connectivity index (χ0v) is 17.3. The van der Waals surface area contributed by atoms with Crippen molar-refractivity contribution < 1.29 is 0 Å². The van der Waals surface area contributed by atoms with Gasteiger partial charge in [-0.15, -0.1) is 4.99 Å². The van der Waals surface area contributed by atoms with Crippen LogP contribution >= 0.6 is 11.6 Å². The molecule has 8 heteroatoms. The minimum absolute atomic E-state index is 0.0307. The number of pyridine rings is 2. The van der Waals surface area contributed by atoms with E-state index in [1.165, 1.54) is 0 Å². The molecule has 2 N–H and O–H groups in total. The molecule has 0 amide bonds. The average molecular weight is 423 g/mol. The van der Waals surface area contributed by atoms with E-state index >= 15 is 0 Å². The van der Waals surface area contributed by atoms with Crippen molar-refractivity contribution in [2.24, 2.45) is 4.99 Å². The van der Waals surface area contributed by atoms with Crippen molar-refractivity contribution in [3.05, 3.63) is 70.2 Å². The highest BCUT2D eigenvalue weighted by molar-refractivity contribution is 6.35. The number of halogens is 1. The molecule has 0 saturated heterocycles. The van der Waals surface area contributed by atoms with Crippen LogP contribution in [-0.4, -0.2) is 22.1 Å². The molecule has 1 aromatic carbocycles. The number of aromatic nitrogens is 2. The molecule has 30 heavy (non-hydrogen) atoms. The van der Waals surface area contributed by atoms with E-state index in [0.29, 0.717) is 24.1 Å². The number of para-hydroxylation sites is 1. The van der Waals surface area contributed by atoms with Gasteiger partial charge in [-0.2, -0.15) is 5.26 Å². The lowest BCUT2D eigenvalue weighted by atomic mass is 10.1. The molecule has 0 fully saturated rings. The predicted molar refractivity (Wildman–Crippen MR) is 121 cm³/mol. The zero-order chi connectivity index (χ0) is 21.2. The number of nitriles is 1. The third-order valence-corrected chi connectivity index (χ3v) is 4.97. The quantitative estimate of drug-likeness (QED) is 0.246. The Morgan fingerprint density at radius 3 is 2.70 bits per heavy atom. The number of fused-ring (bicyclic) bond motifs is 1. The number of hydrogen-bond donors (Lipinski definition) is 2. The fourth-order valence-corrected chi connectivity index (χ4v) is 3.51. The van der Waals surface area contributed by atoms with Crippen LogP contribution in [0, 0.1) is 11.5 Å². The maximum atomic E-state index is 12.3. The minimum Gasteiger partial charge on any atom is -0.355 e. The number of guanidine groups is 1. The fourth-order valence-electron chi connectivity index (χ4n) is 3.22. The van der Waals surface area contributed by atoms with Gasteiger partial charge in [-0.3, -0.25) is 9.78 Å². The van der Waals surface area contributed by atoms with Gasteiger partial charge in [0.05, 0.1) is 10.5 Å². The van der Waals surface area contributed by atoms with Gasteiger partial charge in [0.15, 0.2) is 0 Å². The summed E-state index contributed by atoms with van der Waals surface area (Å²) in [6.45, 7) is 1.33. The molecule has 0 aliphatic carbocycles. The molecule has 0 saturated carbocycles. The molecule has 154 valence electrons. The van der Waals surface area contributed by atoms with Crippen LogP contribution in [0.15, 0.2) is 64.6 Å². The number of benzene rings is 1. The average Bonchev–Trinajstić information content (AvgIpc) is 2.75. The highest BCUT2D eigenvalue weighted by Crippen LogP contribution is 2.22. The Balaban J connectivity index is 1.43. The summed E-state index contributed by atoms with van der Waals surface area (Å²) in [5.74, 6) is 0.417. The molecule has 0 unspecified atom stereocenters. The minimum atomic E-state index is -0.0307. The number of nitrogens with zero attached hydrogens (tertiary/aromatic N) is 4. The monoisotopic (exact) mass is 422 g/mol. The van der Waals surface area contributed by atoms with Crippen LogP contribution in [0.1, 0.15) is 25.7 Å². The molecule has 0 radical (unpaired) electrons. The smallest absolute Gasteiger partial charge is 0.251 e. The molecule has 0 spiro atoms.